The molecule has 36 heavy (non-hydrogen) atoms. The highest BCUT2D eigenvalue weighted by atomic mass is 32.2. The van der Waals surface area contributed by atoms with Gasteiger partial charge in [-0.15, -0.1) is 0 Å². The normalized spacial score (nSPS) is 16.9. The lowest BCUT2D eigenvalue weighted by Gasteiger charge is -2.27. The van der Waals surface area contributed by atoms with Crippen molar-refractivity contribution in [2.75, 3.05) is 17.4 Å². The van der Waals surface area contributed by atoms with Gasteiger partial charge in [-0.3, -0.25) is 13.9 Å². The van der Waals surface area contributed by atoms with Gasteiger partial charge in [0.15, 0.2) is 5.78 Å². The Morgan fingerprint density at radius 2 is 1.53 bits per heavy atom. The minimum atomic E-state index is -3.80. The molecule has 1 heterocycles. The van der Waals surface area contributed by atoms with Crippen LogP contribution in [0.5, 0.6) is 0 Å². The first-order valence-corrected chi connectivity index (χ1v) is 13.2. The highest BCUT2D eigenvalue weighted by molar-refractivity contribution is 7.92. The van der Waals surface area contributed by atoms with E-state index in [4.69, 9.17) is 0 Å². The summed E-state index contributed by atoms with van der Waals surface area (Å²) in [5.74, 6) is -0.337. The second kappa shape index (κ2) is 10.1. The molecule has 1 aliphatic rings. The third-order valence-corrected chi connectivity index (χ3v) is 8.41. The van der Waals surface area contributed by atoms with E-state index in [2.05, 4.69) is 6.58 Å². The number of hydrogen-bond donors (Lipinski definition) is 0. The van der Waals surface area contributed by atoms with Crippen LogP contribution in [0, 0.1) is 0 Å². The maximum atomic E-state index is 13.5. The molecule has 6 nitrogen and oxygen atoms in total. The third-order valence-electron chi connectivity index (χ3n) is 6.64. The van der Waals surface area contributed by atoms with E-state index in [0.29, 0.717) is 17.8 Å². The summed E-state index contributed by atoms with van der Waals surface area (Å²) in [6, 6.07) is 25.2. The van der Waals surface area contributed by atoms with Crippen LogP contribution in [-0.4, -0.2) is 38.1 Å². The Morgan fingerprint density at radius 3 is 2.17 bits per heavy atom. The first-order chi connectivity index (χ1) is 17.1. The number of rotatable bonds is 9. The van der Waals surface area contributed by atoms with Gasteiger partial charge in [0.25, 0.3) is 10.0 Å². The Kier molecular flexibility index (Phi) is 7.13. The summed E-state index contributed by atoms with van der Waals surface area (Å²) >= 11 is 0. The lowest BCUT2D eigenvalue weighted by molar-refractivity contribution is -0.129. The van der Waals surface area contributed by atoms with Crippen LogP contribution in [0.15, 0.2) is 102 Å². The van der Waals surface area contributed by atoms with Gasteiger partial charge >= 0.3 is 0 Å². The fourth-order valence-corrected chi connectivity index (χ4v) is 6.28. The molecule has 0 aromatic heterocycles. The number of ketones is 1. The van der Waals surface area contributed by atoms with Crippen LogP contribution >= 0.6 is 0 Å². The summed E-state index contributed by atoms with van der Waals surface area (Å²) in [7, 11) is -3.80. The first kappa shape index (κ1) is 25.4. The monoisotopic (exact) mass is 502 g/mol. The van der Waals surface area contributed by atoms with Crippen LogP contribution in [0.25, 0.3) is 0 Å². The number of carbonyl (C=O) groups is 2. The summed E-state index contributed by atoms with van der Waals surface area (Å²) in [5, 5.41) is 0. The van der Waals surface area contributed by atoms with Crippen molar-refractivity contribution in [3.63, 3.8) is 0 Å². The minimum absolute atomic E-state index is 0.0841. The third kappa shape index (κ3) is 5.11. The number of sulfonamides is 1. The van der Waals surface area contributed by atoms with Crippen molar-refractivity contribution < 1.29 is 18.0 Å². The highest BCUT2D eigenvalue weighted by Gasteiger charge is 2.45. The number of benzene rings is 3. The summed E-state index contributed by atoms with van der Waals surface area (Å²) in [4.78, 5) is 27.4. The van der Waals surface area contributed by atoms with Crippen LogP contribution in [0.4, 0.5) is 5.69 Å². The van der Waals surface area contributed by atoms with E-state index in [0.717, 1.165) is 11.1 Å². The molecule has 0 radical (unpaired) electrons. The van der Waals surface area contributed by atoms with E-state index in [1.165, 1.54) is 11.2 Å². The lowest BCUT2D eigenvalue weighted by atomic mass is 9.79. The summed E-state index contributed by atoms with van der Waals surface area (Å²) in [5.41, 5.74) is 1.93. The van der Waals surface area contributed by atoms with Crippen LogP contribution in [-0.2, 0) is 31.6 Å². The van der Waals surface area contributed by atoms with Crippen molar-refractivity contribution in [2.45, 2.75) is 37.1 Å². The van der Waals surface area contributed by atoms with Gasteiger partial charge in [-0.2, -0.15) is 0 Å². The second-order valence-electron chi connectivity index (χ2n) is 9.47. The van der Waals surface area contributed by atoms with Gasteiger partial charge in [0.05, 0.1) is 10.6 Å². The molecule has 0 fully saturated rings. The van der Waals surface area contributed by atoms with Crippen LogP contribution < -0.4 is 4.31 Å². The van der Waals surface area contributed by atoms with Crippen molar-refractivity contribution in [1.29, 1.82) is 0 Å². The molecule has 0 N–H and O–H groups in total. The lowest BCUT2D eigenvalue weighted by Crippen LogP contribution is -2.38. The van der Waals surface area contributed by atoms with Gasteiger partial charge in [0.1, 0.15) is 0 Å². The van der Waals surface area contributed by atoms with Crippen LogP contribution in [0.2, 0.25) is 0 Å². The number of anilines is 1. The van der Waals surface area contributed by atoms with Crippen LogP contribution in [0.1, 0.15) is 31.4 Å². The van der Waals surface area contributed by atoms with Gasteiger partial charge in [-0.25, -0.2) is 8.42 Å². The molecule has 1 amide bonds. The Morgan fingerprint density at radius 1 is 0.944 bits per heavy atom. The largest absolute Gasteiger partial charge is 0.334 e. The number of hydrogen-bond acceptors (Lipinski definition) is 4. The van der Waals surface area contributed by atoms with Crippen LogP contribution in [0.3, 0.4) is 0 Å². The molecule has 1 aliphatic heterocycles. The molecular formula is C29H30N2O4S. The molecule has 3 aromatic rings. The number of amides is 1. The number of para-hydroxylation sites is 1. The number of nitrogens with zero attached hydrogens (tertiary/aromatic N) is 2. The molecule has 1 atom stereocenters. The van der Waals surface area contributed by atoms with E-state index < -0.39 is 15.4 Å². The zero-order valence-electron chi connectivity index (χ0n) is 20.6. The van der Waals surface area contributed by atoms with Crippen molar-refractivity contribution in [3.05, 3.63) is 108 Å². The molecule has 4 rings (SSSR count). The fourth-order valence-electron chi connectivity index (χ4n) is 4.65. The van der Waals surface area contributed by atoms with E-state index in [1.807, 2.05) is 49.4 Å². The quantitative estimate of drug-likeness (QED) is 0.397. The first-order valence-electron chi connectivity index (χ1n) is 11.8. The number of carbonyl (C=O) groups excluding carboxylic acids is 2. The Hall–Kier alpha value is -3.71. The zero-order valence-corrected chi connectivity index (χ0v) is 21.4. The maximum Gasteiger partial charge on any atom is 0.264 e. The fraction of sp³-hybridized carbons (Fsp3) is 0.241. The molecule has 7 heteroatoms. The van der Waals surface area contributed by atoms with Crippen molar-refractivity contribution >= 4 is 27.4 Å². The SMILES string of the molecule is C=C(CN(Cc1ccccc1)C(C)=O)C(=O)CC1(C)CN(S(=O)(=O)c2ccccc2)c2ccccc21. The van der Waals surface area contributed by atoms with E-state index in [9.17, 15) is 18.0 Å². The molecule has 3 aromatic carbocycles. The predicted molar refractivity (Wildman–Crippen MR) is 141 cm³/mol. The van der Waals surface area contributed by atoms with Gasteiger partial charge < -0.3 is 4.90 Å². The average molecular weight is 503 g/mol. The van der Waals surface area contributed by atoms with Crippen molar-refractivity contribution in [1.82, 2.24) is 4.90 Å². The van der Waals surface area contributed by atoms with Crippen molar-refractivity contribution in [2.24, 2.45) is 0 Å². The van der Waals surface area contributed by atoms with E-state index in [1.54, 1.807) is 47.4 Å². The molecule has 186 valence electrons. The predicted octanol–water partition coefficient (Wildman–Crippen LogP) is 4.72. The molecular weight excluding hydrogens is 472 g/mol. The topological polar surface area (TPSA) is 74.8 Å². The Bertz CT molecular complexity index is 1390. The van der Waals surface area contributed by atoms with Gasteiger partial charge in [0.2, 0.25) is 5.91 Å². The van der Waals surface area contributed by atoms with Gasteiger partial charge in [-0.1, -0.05) is 80.2 Å². The molecule has 0 spiro atoms. The summed E-state index contributed by atoms with van der Waals surface area (Å²) in [6.45, 7) is 8.01. The molecule has 0 saturated heterocycles. The van der Waals surface area contributed by atoms with Gasteiger partial charge in [-0.05, 0) is 29.3 Å². The summed E-state index contributed by atoms with van der Waals surface area (Å²) < 4.78 is 28.3. The second-order valence-corrected chi connectivity index (χ2v) is 11.3. The standard InChI is InChI=1S/C29H30N2O4S/c1-22(19-30(23(2)32)20-24-12-6-4-7-13-24)28(33)18-29(3)21-31(27-17-11-10-16-26(27)29)36(34,35)25-14-8-5-9-15-25/h4-17H,1,18-21H2,2-3H3. The smallest absolute Gasteiger partial charge is 0.264 e. The maximum absolute atomic E-state index is 13.5. The Labute approximate surface area is 212 Å². The number of fused-ring (bicyclic) bond motifs is 1. The highest BCUT2D eigenvalue weighted by Crippen LogP contribution is 2.45. The summed E-state index contributed by atoms with van der Waals surface area (Å²) in [6.07, 6.45) is 0.0841. The zero-order chi connectivity index (χ0) is 25.9. The van der Waals surface area contributed by atoms with E-state index in [-0.39, 0.29) is 36.1 Å². The van der Waals surface area contributed by atoms with E-state index >= 15 is 0 Å². The minimum Gasteiger partial charge on any atom is -0.334 e. The molecule has 0 saturated carbocycles. The molecule has 0 aliphatic carbocycles. The number of Topliss-reactive ketones (excluding diaryl/α,β-unsaturated/α-hetero) is 1. The Balaban J connectivity index is 1.54. The molecule has 0 bridgehead atoms. The van der Waals surface area contributed by atoms with Crippen molar-refractivity contribution in [3.8, 4) is 0 Å². The average Bonchev–Trinajstić information content (AvgIpc) is 3.18. The molecule has 1 unspecified atom stereocenters. The van der Waals surface area contributed by atoms with Gasteiger partial charge in [0, 0.05) is 44.0 Å².